The molecule has 1 aromatic rings. The van der Waals surface area contributed by atoms with E-state index in [-0.39, 0.29) is 24.8 Å². The largest absolute Gasteiger partial charge is 0.368 e. The summed E-state index contributed by atoms with van der Waals surface area (Å²) < 4.78 is 0. The van der Waals surface area contributed by atoms with Crippen molar-refractivity contribution in [2.45, 2.75) is 25.3 Å². The standard InChI is InChI=1S/C9H14N4.2ClH/c10-9-12-6-4-8(13-9)7-3-1-2-5-11-7;;/h4,6-7,11H,1-3,5H2,(H2,10,12,13);2*1H. The maximum Gasteiger partial charge on any atom is 0.220 e. The summed E-state index contributed by atoms with van der Waals surface area (Å²) in [5.41, 5.74) is 6.54. The van der Waals surface area contributed by atoms with E-state index >= 15 is 0 Å². The average molecular weight is 251 g/mol. The minimum atomic E-state index is 0. The lowest BCUT2D eigenvalue weighted by molar-refractivity contribution is 0.405. The van der Waals surface area contributed by atoms with Crippen LogP contribution in [-0.4, -0.2) is 16.5 Å². The van der Waals surface area contributed by atoms with Gasteiger partial charge >= 0.3 is 0 Å². The zero-order chi connectivity index (χ0) is 9.10. The quantitative estimate of drug-likeness (QED) is 0.797. The van der Waals surface area contributed by atoms with Crippen LogP contribution >= 0.6 is 24.8 Å². The number of hydrogen-bond donors (Lipinski definition) is 2. The lowest BCUT2D eigenvalue weighted by atomic mass is 10.0. The molecule has 2 heterocycles. The van der Waals surface area contributed by atoms with Gasteiger partial charge in [-0.25, -0.2) is 9.97 Å². The highest BCUT2D eigenvalue weighted by Gasteiger charge is 2.15. The normalized spacial score (nSPS) is 19.9. The minimum absolute atomic E-state index is 0. The van der Waals surface area contributed by atoms with Gasteiger partial charge in [0.1, 0.15) is 0 Å². The number of anilines is 1. The van der Waals surface area contributed by atoms with Crippen LogP contribution in [0.4, 0.5) is 5.95 Å². The molecule has 1 unspecified atom stereocenters. The van der Waals surface area contributed by atoms with Crippen molar-refractivity contribution < 1.29 is 0 Å². The number of nitrogens with one attached hydrogen (secondary N) is 1. The number of rotatable bonds is 1. The maximum absolute atomic E-state index is 5.52. The Morgan fingerprint density at radius 2 is 2.13 bits per heavy atom. The van der Waals surface area contributed by atoms with Crippen LogP contribution in [0.3, 0.4) is 0 Å². The van der Waals surface area contributed by atoms with E-state index in [1.807, 2.05) is 6.07 Å². The zero-order valence-corrected chi connectivity index (χ0v) is 9.98. The number of nitrogen functional groups attached to an aromatic ring is 1. The first-order valence-corrected chi connectivity index (χ1v) is 4.68. The van der Waals surface area contributed by atoms with Gasteiger partial charge < -0.3 is 11.1 Å². The smallest absolute Gasteiger partial charge is 0.220 e. The van der Waals surface area contributed by atoms with E-state index in [1.165, 1.54) is 12.8 Å². The van der Waals surface area contributed by atoms with E-state index < -0.39 is 0 Å². The first-order chi connectivity index (χ1) is 6.36. The molecular formula is C9H16Cl2N4. The van der Waals surface area contributed by atoms with Gasteiger partial charge in [0.05, 0.1) is 5.69 Å². The molecule has 0 bridgehead atoms. The molecule has 0 spiro atoms. The van der Waals surface area contributed by atoms with Crippen molar-refractivity contribution in [3.8, 4) is 0 Å². The Hall–Kier alpha value is -0.580. The Bertz CT molecular complexity index is 289. The molecule has 3 N–H and O–H groups in total. The predicted octanol–water partition coefficient (Wildman–Crippen LogP) is 1.72. The van der Waals surface area contributed by atoms with Crippen LogP contribution in [0, 0.1) is 0 Å². The van der Waals surface area contributed by atoms with Crippen molar-refractivity contribution in [1.29, 1.82) is 0 Å². The van der Waals surface area contributed by atoms with Gasteiger partial charge in [-0.05, 0) is 25.5 Å². The molecule has 15 heavy (non-hydrogen) atoms. The predicted molar refractivity (Wildman–Crippen MR) is 65.5 cm³/mol. The SMILES string of the molecule is Cl.Cl.Nc1nccc(C2CCCCN2)n1. The fourth-order valence-corrected chi connectivity index (χ4v) is 1.69. The second-order valence-electron chi connectivity index (χ2n) is 3.34. The zero-order valence-electron chi connectivity index (χ0n) is 8.35. The fraction of sp³-hybridized carbons (Fsp3) is 0.556. The molecule has 1 aliphatic rings. The highest BCUT2D eigenvalue weighted by Crippen LogP contribution is 2.20. The summed E-state index contributed by atoms with van der Waals surface area (Å²) in [6.07, 6.45) is 5.39. The average Bonchev–Trinajstić information content (AvgIpc) is 2.19. The molecular weight excluding hydrogens is 235 g/mol. The van der Waals surface area contributed by atoms with Crippen LogP contribution in [0.1, 0.15) is 31.0 Å². The van der Waals surface area contributed by atoms with Crippen molar-refractivity contribution >= 4 is 30.8 Å². The van der Waals surface area contributed by atoms with Crippen molar-refractivity contribution in [3.05, 3.63) is 18.0 Å². The first kappa shape index (κ1) is 14.4. The molecule has 0 amide bonds. The van der Waals surface area contributed by atoms with E-state index in [9.17, 15) is 0 Å². The van der Waals surface area contributed by atoms with E-state index in [4.69, 9.17) is 5.73 Å². The third-order valence-electron chi connectivity index (χ3n) is 2.36. The summed E-state index contributed by atoms with van der Waals surface area (Å²) in [7, 11) is 0. The maximum atomic E-state index is 5.52. The highest BCUT2D eigenvalue weighted by molar-refractivity contribution is 5.85. The Labute approximate surface area is 102 Å². The molecule has 1 fully saturated rings. The Morgan fingerprint density at radius 3 is 2.73 bits per heavy atom. The molecule has 0 aromatic carbocycles. The molecule has 0 aliphatic carbocycles. The van der Waals surface area contributed by atoms with Crippen LogP contribution < -0.4 is 11.1 Å². The molecule has 1 aromatic heterocycles. The summed E-state index contributed by atoms with van der Waals surface area (Å²) in [5.74, 6) is 0.366. The van der Waals surface area contributed by atoms with Crippen LogP contribution in [0.15, 0.2) is 12.3 Å². The fourth-order valence-electron chi connectivity index (χ4n) is 1.69. The van der Waals surface area contributed by atoms with Gasteiger partial charge in [0, 0.05) is 12.2 Å². The number of hydrogen-bond acceptors (Lipinski definition) is 4. The Kier molecular flexibility index (Phi) is 6.56. The van der Waals surface area contributed by atoms with Gasteiger partial charge in [-0.15, -0.1) is 24.8 Å². The lowest BCUT2D eigenvalue weighted by Crippen LogP contribution is -2.27. The molecule has 86 valence electrons. The number of nitrogens with two attached hydrogens (primary N) is 1. The van der Waals surface area contributed by atoms with Crippen molar-refractivity contribution in [1.82, 2.24) is 15.3 Å². The van der Waals surface area contributed by atoms with E-state index in [2.05, 4.69) is 15.3 Å². The van der Waals surface area contributed by atoms with Gasteiger partial charge in [-0.3, -0.25) is 0 Å². The number of nitrogens with zero attached hydrogens (tertiary/aromatic N) is 2. The molecule has 1 atom stereocenters. The van der Waals surface area contributed by atoms with Crippen LogP contribution in [0.25, 0.3) is 0 Å². The second-order valence-corrected chi connectivity index (χ2v) is 3.34. The summed E-state index contributed by atoms with van der Waals surface area (Å²) >= 11 is 0. The van der Waals surface area contributed by atoms with Crippen LogP contribution in [-0.2, 0) is 0 Å². The van der Waals surface area contributed by atoms with Crippen molar-refractivity contribution in [2.75, 3.05) is 12.3 Å². The third-order valence-corrected chi connectivity index (χ3v) is 2.36. The Morgan fingerprint density at radius 1 is 1.33 bits per heavy atom. The first-order valence-electron chi connectivity index (χ1n) is 4.68. The van der Waals surface area contributed by atoms with Gasteiger partial charge in [-0.1, -0.05) is 6.42 Å². The Balaban J connectivity index is 0.000000980. The molecule has 1 aliphatic heterocycles. The van der Waals surface area contributed by atoms with Gasteiger partial charge in [0.2, 0.25) is 5.95 Å². The summed E-state index contributed by atoms with van der Waals surface area (Å²) in [6, 6.07) is 2.30. The minimum Gasteiger partial charge on any atom is -0.368 e. The second kappa shape index (κ2) is 6.82. The van der Waals surface area contributed by atoms with Gasteiger partial charge in [0.15, 0.2) is 0 Å². The summed E-state index contributed by atoms with van der Waals surface area (Å²) in [6.45, 7) is 1.08. The van der Waals surface area contributed by atoms with Gasteiger partial charge in [-0.2, -0.15) is 0 Å². The molecule has 2 rings (SSSR count). The number of halogens is 2. The molecule has 0 saturated carbocycles. The monoisotopic (exact) mass is 250 g/mol. The third kappa shape index (κ3) is 3.81. The van der Waals surface area contributed by atoms with Crippen LogP contribution in [0.5, 0.6) is 0 Å². The van der Waals surface area contributed by atoms with Crippen LogP contribution in [0.2, 0.25) is 0 Å². The van der Waals surface area contributed by atoms with Crippen molar-refractivity contribution in [2.24, 2.45) is 0 Å². The number of piperidine rings is 1. The van der Waals surface area contributed by atoms with E-state index in [0.29, 0.717) is 12.0 Å². The molecule has 0 radical (unpaired) electrons. The topological polar surface area (TPSA) is 63.8 Å². The molecule has 6 heteroatoms. The molecule has 1 saturated heterocycles. The molecule has 4 nitrogen and oxygen atoms in total. The number of aromatic nitrogens is 2. The van der Waals surface area contributed by atoms with E-state index in [1.54, 1.807) is 6.20 Å². The lowest BCUT2D eigenvalue weighted by Gasteiger charge is -2.22. The summed E-state index contributed by atoms with van der Waals surface area (Å²) in [4.78, 5) is 8.07. The highest BCUT2D eigenvalue weighted by atomic mass is 35.5. The summed E-state index contributed by atoms with van der Waals surface area (Å²) in [5, 5.41) is 3.42. The van der Waals surface area contributed by atoms with E-state index in [0.717, 1.165) is 18.7 Å². The van der Waals surface area contributed by atoms with Gasteiger partial charge in [0.25, 0.3) is 0 Å². The van der Waals surface area contributed by atoms with Crippen molar-refractivity contribution in [3.63, 3.8) is 0 Å².